The number of rotatable bonds is 5. The molecular weight excluding hydrogens is 215 g/mol. The summed E-state index contributed by atoms with van der Waals surface area (Å²) in [6, 6.07) is 2.58. The van der Waals surface area contributed by atoms with E-state index in [1.807, 2.05) is 0 Å². The molecular formula is C11H13FO4. The highest BCUT2D eigenvalue weighted by Gasteiger charge is 2.16. The minimum atomic E-state index is -1.23. The molecule has 0 atom stereocenters. The first kappa shape index (κ1) is 12.4. The van der Waals surface area contributed by atoms with Crippen molar-refractivity contribution in [2.45, 2.75) is 12.8 Å². The van der Waals surface area contributed by atoms with Crippen LogP contribution >= 0.6 is 0 Å². The van der Waals surface area contributed by atoms with Crippen LogP contribution in [0.3, 0.4) is 0 Å². The molecule has 0 spiro atoms. The molecule has 0 aromatic heterocycles. The summed E-state index contributed by atoms with van der Waals surface area (Å²) in [5, 5.41) is 17.5. The van der Waals surface area contributed by atoms with Crippen molar-refractivity contribution in [1.29, 1.82) is 0 Å². The highest BCUT2D eigenvalue weighted by Crippen LogP contribution is 2.25. The maximum atomic E-state index is 13.4. The maximum Gasteiger partial charge on any atom is 0.339 e. The van der Waals surface area contributed by atoms with E-state index in [0.717, 1.165) is 0 Å². The first-order valence-corrected chi connectivity index (χ1v) is 4.80. The van der Waals surface area contributed by atoms with E-state index in [-0.39, 0.29) is 17.9 Å². The molecule has 0 saturated heterocycles. The van der Waals surface area contributed by atoms with Gasteiger partial charge in [0.05, 0.1) is 7.11 Å². The van der Waals surface area contributed by atoms with E-state index in [1.54, 1.807) is 0 Å². The predicted molar refractivity (Wildman–Crippen MR) is 55.3 cm³/mol. The van der Waals surface area contributed by atoms with Crippen LogP contribution in [-0.4, -0.2) is 29.9 Å². The molecule has 0 aliphatic carbocycles. The van der Waals surface area contributed by atoms with Crippen LogP contribution in [-0.2, 0) is 6.42 Å². The normalized spacial score (nSPS) is 10.2. The third-order valence-electron chi connectivity index (χ3n) is 2.16. The summed E-state index contributed by atoms with van der Waals surface area (Å²) in [6.07, 6.45) is 0.891. The molecule has 16 heavy (non-hydrogen) atoms. The second-order valence-corrected chi connectivity index (χ2v) is 3.29. The van der Waals surface area contributed by atoms with E-state index >= 15 is 0 Å². The van der Waals surface area contributed by atoms with Gasteiger partial charge in [0.15, 0.2) is 11.6 Å². The number of halogens is 1. The Balaban J connectivity index is 3.12. The Morgan fingerprint density at radius 3 is 2.69 bits per heavy atom. The maximum absolute atomic E-state index is 13.4. The molecule has 1 rings (SSSR count). The van der Waals surface area contributed by atoms with E-state index in [9.17, 15) is 9.18 Å². The van der Waals surface area contributed by atoms with Gasteiger partial charge in [-0.3, -0.25) is 0 Å². The number of carboxylic acids is 1. The molecule has 0 bridgehead atoms. The number of aliphatic hydroxyl groups excluding tert-OH is 1. The van der Waals surface area contributed by atoms with Crippen molar-refractivity contribution >= 4 is 5.97 Å². The largest absolute Gasteiger partial charge is 0.493 e. The average molecular weight is 228 g/mol. The van der Waals surface area contributed by atoms with Crippen LogP contribution < -0.4 is 4.74 Å². The van der Waals surface area contributed by atoms with Crippen molar-refractivity contribution in [3.05, 3.63) is 29.1 Å². The number of aromatic carboxylic acids is 1. The zero-order valence-corrected chi connectivity index (χ0v) is 8.86. The number of hydrogen-bond donors (Lipinski definition) is 2. The molecule has 5 heteroatoms. The van der Waals surface area contributed by atoms with Gasteiger partial charge >= 0.3 is 5.97 Å². The lowest BCUT2D eigenvalue weighted by molar-refractivity contribution is 0.0692. The highest BCUT2D eigenvalue weighted by atomic mass is 19.1. The lowest BCUT2D eigenvalue weighted by Crippen LogP contribution is -2.04. The number of hydrogen-bond acceptors (Lipinski definition) is 3. The van der Waals surface area contributed by atoms with E-state index in [0.29, 0.717) is 18.4 Å². The van der Waals surface area contributed by atoms with Gasteiger partial charge in [0, 0.05) is 6.61 Å². The number of carboxylic acid groups (broad SMARTS) is 1. The molecule has 0 radical (unpaired) electrons. The Bertz CT molecular complexity index is 390. The van der Waals surface area contributed by atoms with Gasteiger partial charge in [-0.05, 0) is 30.5 Å². The van der Waals surface area contributed by atoms with Crippen LogP contribution in [0.1, 0.15) is 22.3 Å². The van der Waals surface area contributed by atoms with Gasteiger partial charge in [0.25, 0.3) is 0 Å². The fourth-order valence-corrected chi connectivity index (χ4v) is 1.44. The van der Waals surface area contributed by atoms with E-state index in [2.05, 4.69) is 0 Å². The fourth-order valence-electron chi connectivity index (χ4n) is 1.44. The monoisotopic (exact) mass is 228 g/mol. The molecule has 0 amide bonds. The zero-order chi connectivity index (χ0) is 12.1. The quantitative estimate of drug-likeness (QED) is 0.800. The molecule has 0 aliphatic heterocycles. The van der Waals surface area contributed by atoms with Gasteiger partial charge in [-0.2, -0.15) is 0 Å². The summed E-state index contributed by atoms with van der Waals surface area (Å²) in [5.41, 5.74) is 0.334. The molecule has 0 fully saturated rings. The molecule has 0 unspecified atom stereocenters. The molecule has 4 nitrogen and oxygen atoms in total. The van der Waals surface area contributed by atoms with Gasteiger partial charge in [-0.25, -0.2) is 9.18 Å². The smallest absolute Gasteiger partial charge is 0.339 e. The van der Waals surface area contributed by atoms with Gasteiger partial charge < -0.3 is 14.9 Å². The second-order valence-electron chi connectivity index (χ2n) is 3.29. The summed E-state index contributed by atoms with van der Waals surface area (Å²) < 4.78 is 18.1. The third-order valence-corrected chi connectivity index (χ3v) is 2.16. The van der Waals surface area contributed by atoms with Crippen molar-refractivity contribution in [2.75, 3.05) is 13.7 Å². The first-order valence-electron chi connectivity index (χ1n) is 4.80. The van der Waals surface area contributed by atoms with Crippen LogP contribution in [0, 0.1) is 5.82 Å². The van der Waals surface area contributed by atoms with Crippen molar-refractivity contribution in [3.8, 4) is 5.75 Å². The summed E-state index contributed by atoms with van der Waals surface area (Å²) in [7, 11) is 1.22. The Morgan fingerprint density at radius 1 is 1.50 bits per heavy atom. The van der Waals surface area contributed by atoms with Crippen molar-refractivity contribution in [3.63, 3.8) is 0 Å². The Labute approximate surface area is 92.3 Å². The van der Waals surface area contributed by atoms with Crippen LogP contribution in [0.4, 0.5) is 4.39 Å². The van der Waals surface area contributed by atoms with Crippen molar-refractivity contribution < 1.29 is 24.1 Å². The summed E-state index contributed by atoms with van der Waals surface area (Å²) in [6.45, 7) is -0.0178. The number of aryl methyl sites for hydroxylation is 1. The number of carbonyl (C=O) groups is 1. The molecule has 1 aromatic rings. The molecule has 0 aliphatic rings. The fraction of sp³-hybridized carbons (Fsp3) is 0.364. The number of aliphatic hydroxyl groups is 1. The van der Waals surface area contributed by atoms with Gasteiger partial charge in [-0.15, -0.1) is 0 Å². The Kier molecular flexibility index (Phi) is 4.25. The molecule has 0 heterocycles. The van der Waals surface area contributed by atoms with E-state index < -0.39 is 11.8 Å². The van der Waals surface area contributed by atoms with Gasteiger partial charge in [-0.1, -0.05) is 0 Å². The lowest BCUT2D eigenvalue weighted by Gasteiger charge is -2.08. The van der Waals surface area contributed by atoms with Crippen LogP contribution in [0.2, 0.25) is 0 Å². The molecule has 2 N–H and O–H groups in total. The zero-order valence-electron chi connectivity index (χ0n) is 8.86. The van der Waals surface area contributed by atoms with E-state index in [4.69, 9.17) is 14.9 Å². The first-order chi connectivity index (χ1) is 7.60. The summed E-state index contributed by atoms with van der Waals surface area (Å²) in [5.74, 6) is -2.20. The Morgan fingerprint density at radius 2 is 2.19 bits per heavy atom. The second kappa shape index (κ2) is 5.46. The number of methoxy groups -OCH3 is 1. The minimum Gasteiger partial charge on any atom is -0.493 e. The SMILES string of the molecule is COc1c(F)cc(CCCO)cc1C(=O)O. The van der Waals surface area contributed by atoms with Crippen LogP contribution in [0.5, 0.6) is 5.75 Å². The minimum absolute atomic E-state index is 0.0178. The van der Waals surface area contributed by atoms with Crippen LogP contribution in [0.15, 0.2) is 12.1 Å². The topological polar surface area (TPSA) is 66.8 Å². The molecule has 1 aromatic carbocycles. The van der Waals surface area contributed by atoms with Gasteiger partial charge in [0.1, 0.15) is 5.56 Å². The van der Waals surface area contributed by atoms with Crippen molar-refractivity contribution in [2.24, 2.45) is 0 Å². The highest BCUT2D eigenvalue weighted by molar-refractivity contribution is 5.91. The number of benzene rings is 1. The van der Waals surface area contributed by atoms with E-state index in [1.165, 1.54) is 19.2 Å². The van der Waals surface area contributed by atoms with Crippen LogP contribution in [0.25, 0.3) is 0 Å². The van der Waals surface area contributed by atoms with Crippen molar-refractivity contribution in [1.82, 2.24) is 0 Å². The molecule has 0 saturated carbocycles. The molecule has 88 valence electrons. The number of ether oxygens (including phenoxy) is 1. The average Bonchev–Trinajstić information content (AvgIpc) is 2.25. The summed E-state index contributed by atoms with van der Waals surface area (Å²) >= 11 is 0. The Hall–Kier alpha value is -1.62. The standard InChI is InChI=1S/C11H13FO4/c1-16-10-8(11(14)15)5-7(3-2-4-13)6-9(10)12/h5-6,13H,2-4H2,1H3,(H,14,15). The third kappa shape index (κ3) is 2.70. The predicted octanol–water partition coefficient (Wildman–Crippen LogP) is 1.46. The lowest BCUT2D eigenvalue weighted by atomic mass is 10.1. The van der Waals surface area contributed by atoms with Gasteiger partial charge in [0.2, 0.25) is 0 Å². The summed E-state index contributed by atoms with van der Waals surface area (Å²) in [4.78, 5) is 10.9.